The predicted octanol–water partition coefficient (Wildman–Crippen LogP) is 0.885. The van der Waals surface area contributed by atoms with Crippen LogP contribution in [-0.2, 0) is 4.74 Å². The number of ether oxygens (including phenoxy) is 1. The molecule has 0 unspecified atom stereocenters. The Hall–Kier alpha value is -0.330. The molecule has 0 saturated heterocycles. The summed E-state index contributed by atoms with van der Waals surface area (Å²) in [6.07, 6.45) is -2.66. The first-order chi connectivity index (χ1) is 6.47. The van der Waals surface area contributed by atoms with Crippen molar-refractivity contribution < 1.29 is 23.0 Å². The van der Waals surface area contributed by atoms with Crippen molar-refractivity contribution in [3.05, 3.63) is 0 Å². The standard InChI is InChI=1S/C8H14F3NO2/c9-8(10,11)14-4-3-12-5-7(6-13)1-2-7/h12-13H,1-6H2. The first-order valence-corrected chi connectivity index (χ1v) is 4.50. The molecule has 1 saturated carbocycles. The molecule has 1 fully saturated rings. The third-order valence-corrected chi connectivity index (χ3v) is 2.34. The molecule has 2 N–H and O–H groups in total. The van der Waals surface area contributed by atoms with E-state index in [2.05, 4.69) is 10.1 Å². The molecule has 0 bridgehead atoms. The van der Waals surface area contributed by atoms with E-state index in [9.17, 15) is 13.2 Å². The van der Waals surface area contributed by atoms with Crippen LogP contribution in [0.2, 0.25) is 0 Å². The molecule has 1 aliphatic rings. The number of halogens is 3. The number of aliphatic hydroxyl groups is 1. The van der Waals surface area contributed by atoms with Gasteiger partial charge in [-0.1, -0.05) is 0 Å². The van der Waals surface area contributed by atoms with Crippen LogP contribution in [-0.4, -0.2) is 37.8 Å². The number of nitrogens with one attached hydrogen (secondary N) is 1. The molecule has 84 valence electrons. The molecule has 1 rings (SSSR count). The highest BCUT2D eigenvalue weighted by atomic mass is 19.4. The molecule has 0 aromatic heterocycles. The summed E-state index contributed by atoms with van der Waals surface area (Å²) in [7, 11) is 0. The van der Waals surface area contributed by atoms with Crippen LogP contribution in [0, 0.1) is 5.41 Å². The van der Waals surface area contributed by atoms with Gasteiger partial charge in [-0.15, -0.1) is 13.2 Å². The molecular formula is C8H14F3NO2. The maximum atomic E-state index is 11.5. The van der Waals surface area contributed by atoms with Crippen molar-refractivity contribution in [2.24, 2.45) is 5.41 Å². The third-order valence-electron chi connectivity index (χ3n) is 2.34. The summed E-state index contributed by atoms with van der Waals surface area (Å²) < 4.78 is 38.1. The number of alkyl halides is 3. The Labute approximate surface area is 80.2 Å². The van der Waals surface area contributed by atoms with Crippen LogP contribution in [0.15, 0.2) is 0 Å². The Morgan fingerprint density at radius 1 is 1.36 bits per heavy atom. The molecule has 0 amide bonds. The van der Waals surface area contributed by atoms with Crippen molar-refractivity contribution in [2.75, 3.05) is 26.3 Å². The van der Waals surface area contributed by atoms with E-state index in [1.807, 2.05) is 0 Å². The average molecular weight is 213 g/mol. The molecule has 0 aromatic rings. The fourth-order valence-electron chi connectivity index (χ4n) is 1.16. The number of hydrogen-bond acceptors (Lipinski definition) is 3. The second-order valence-electron chi connectivity index (χ2n) is 3.63. The smallest absolute Gasteiger partial charge is 0.396 e. The van der Waals surface area contributed by atoms with Crippen LogP contribution in [0.3, 0.4) is 0 Å². The van der Waals surface area contributed by atoms with E-state index in [-0.39, 0.29) is 25.2 Å². The van der Waals surface area contributed by atoms with Gasteiger partial charge < -0.3 is 10.4 Å². The normalized spacial score (nSPS) is 19.7. The SMILES string of the molecule is OCC1(CNCCOC(F)(F)F)CC1. The Kier molecular flexibility index (Phi) is 3.74. The van der Waals surface area contributed by atoms with E-state index < -0.39 is 6.36 Å². The van der Waals surface area contributed by atoms with E-state index >= 15 is 0 Å². The van der Waals surface area contributed by atoms with Gasteiger partial charge in [-0.3, -0.25) is 4.74 Å². The fraction of sp³-hybridized carbons (Fsp3) is 1.00. The molecule has 0 aliphatic heterocycles. The van der Waals surface area contributed by atoms with E-state index in [1.54, 1.807) is 0 Å². The van der Waals surface area contributed by atoms with Crippen LogP contribution in [0.25, 0.3) is 0 Å². The molecule has 0 atom stereocenters. The molecule has 0 heterocycles. The lowest BCUT2D eigenvalue weighted by Crippen LogP contribution is -2.30. The van der Waals surface area contributed by atoms with Gasteiger partial charge in [0.25, 0.3) is 0 Å². The highest BCUT2D eigenvalue weighted by Crippen LogP contribution is 2.44. The Morgan fingerprint density at radius 3 is 2.43 bits per heavy atom. The number of rotatable bonds is 6. The molecule has 1 aliphatic carbocycles. The lowest BCUT2D eigenvalue weighted by molar-refractivity contribution is -0.323. The zero-order valence-corrected chi connectivity index (χ0v) is 7.73. The summed E-state index contributed by atoms with van der Waals surface area (Å²) in [6, 6.07) is 0. The molecule has 0 aromatic carbocycles. The van der Waals surface area contributed by atoms with Gasteiger partial charge in [-0.25, -0.2) is 0 Å². The van der Waals surface area contributed by atoms with Crippen molar-refractivity contribution in [1.29, 1.82) is 0 Å². The van der Waals surface area contributed by atoms with E-state index in [4.69, 9.17) is 5.11 Å². The van der Waals surface area contributed by atoms with E-state index in [0.717, 1.165) is 12.8 Å². The van der Waals surface area contributed by atoms with Crippen molar-refractivity contribution in [3.63, 3.8) is 0 Å². The van der Waals surface area contributed by atoms with Gasteiger partial charge in [0, 0.05) is 25.1 Å². The largest absolute Gasteiger partial charge is 0.522 e. The minimum Gasteiger partial charge on any atom is -0.396 e. The van der Waals surface area contributed by atoms with Crippen molar-refractivity contribution in [1.82, 2.24) is 5.32 Å². The molecule has 6 heteroatoms. The summed E-state index contributed by atoms with van der Waals surface area (Å²) in [5, 5.41) is 11.7. The summed E-state index contributed by atoms with van der Waals surface area (Å²) in [4.78, 5) is 0. The quantitative estimate of drug-likeness (QED) is 0.644. The van der Waals surface area contributed by atoms with Gasteiger partial charge in [-0.2, -0.15) is 0 Å². The van der Waals surface area contributed by atoms with Crippen LogP contribution < -0.4 is 5.32 Å². The van der Waals surface area contributed by atoms with Gasteiger partial charge in [0.05, 0.1) is 6.61 Å². The van der Waals surface area contributed by atoms with Gasteiger partial charge in [0.15, 0.2) is 0 Å². The first-order valence-electron chi connectivity index (χ1n) is 4.50. The molecule has 0 spiro atoms. The minimum absolute atomic E-state index is 0.0712. The fourth-order valence-corrected chi connectivity index (χ4v) is 1.16. The summed E-state index contributed by atoms with van der Waals surface area (Å²) in [5.74, 6) is 0. The topological polar surface area (TPSA) is 41.5 Å². The summed E-state index contributed by atoms with van der Waals surface area (Å²) >= 11 is 0. The first kappa shape index (κ1) is 11.7. The molecule has 14 heavy (non-hydrogen) atoms. The van der Waals surface area contributed by atoms with Crippen LogP contribution >= 0.6 is 0 Å². The maximum Gasteiger partial charge on any atom is 0.522 e. The lowest BCUT2D eigenvalue weighted by Gasteiger charge is -2.13. The highest BCUT2D eigenvalue weighted by molar-refractivity contribution is 4.94. The van der Waals surface area contributed by atoms with Gasteiger partial charge in [0.2, 0.25) is 0 Å². The van der Waals surface area contributed by atoms with Gasteiger partial charge in [-0.05, 0) is 12.8 Å². The van der Waals surface area contributed by atoms with Crippen LogP contribution in [0.1, 0.15) is 12.8 Å². The van der Waals surface area contributed by atoms with Crippen molar-refractivity contribution in [2.45, 2.75) is 19.2 Å². The molecule has 0 radical (unpaired) electrons. The summed E-state index contributed by atoms with van der Waals surface area (Å²) in [6.45, 7) is 0.428. The number of hydrogen-bond donors (Lipinski definition) is 2. The molecular weight excluding hydrogens is 199 g/mol. The number of aliphatic hydroxyl groups excluding tert-OH is 1. The van der Waals surface area contributed by atoms with Crippen molar-refractivity contribution in [3.8, 4) is 0 Å². The second-order valence-corrected chi connectivity index (χ2v) is 3.63. The Balaban J connectivity index is 1.95. The Bertz CT molecular complexity index is 180. The zero-order valence-electron chi connectivity index (χ0n) is 7.73. The predicted molar refractivity (Wildman–Crippen MR) is 43.6 cm³/mol. The average Bonchev–Trinajstić information content (AvgIpc) is 2.83. The van der Waals surface area contributed by atoms with Crippen LogP contribution in [0.5, 0.6) is 0 Å². The lowest BCUT2D eigenvalue weighted by atomic mass is 10.1. The van der Waals surface area contributed by atoms with E-state index in [1.165, 1.54) is 0 Å². The van der Waals surface area contributed by atoms with Crippen LogP contribution in [0.4, 0.5) is 13.2 Å². The monoisotopic (exact) mass is 213 g/mol. The second kappa shape index (κ2) is 4.46. The van der Waals surface area contributed by atoms with E-state index in [0.29, 0.717) is 6.54 Å². The zero-order chi connectivity index (χ0) is 10.7. The molecule has 3 nitrogen and oxygen atoms in total. The highest BCUT2D eigenvalue weighted by Gasteiger charge is 2.41. The summed E-state index contributed by atoms with van der Waals surface area (Å²) in [5.41, 5.74) is -0.0712. The van der Waals surface area contributed by atoms with Crippen molar-refractivity contribution >= 4 is 0 Å². The third kappa shape index (κ3) is 4.26. The minimum atomic E-state index is -4.55. The van der Waals surface area contributed by atoms with Gasteiger partial charge in [0.1, 0.15) is 0 Å². The Morgan fingerprint density at radius 2 is 2.00 bits per heavy atom. The maximum absolute atomic E-state index is 11.5. The van der Waals surface area contributed by atoms with Gasteiger partial charge >= 0.3 is 6.36 Å².